The van der Waals surface area contributed by atoms with E-state index >= 15 is 0 Å². The molecule has 0 saturated carbocycles. The Labute approximate surface area is 165 Å². The standard InChI is InChI=1S/C20H29N5O3/c1-24(2)19(27)12-21-20(22-14-8-9-18(26)25(3)13-14)23-16-10-11-28-17-7-5-4-6-15(16)17/h4-7,14,16H,8-13H2,1-3H3,(H2,21,22,23). The summed E-state index contributed by atoms with van der Waals surface area (Å²) in [7, 11) is 5.24. The number of benzene rings is 1. The van der Waals surface area contributed by atoms with Crippen molar-refractivity contribution >= 4 is 17.8 Å². The molecule has 0 aliphatic carbocycles. The fourth-order valence-electron chi connectivity index (χ4n) is 3.40. The largest absolute Gasteiger partial charge is 0.493 e. The SMILES string of the molecule is CN(C)C(=O)CN=C(NC1CCC(=O)N(C)C1)NC1CCOc2ccccc21. The molecule has 2 N–H and O–H groups in total. The Morgan fingerprint density at radius 3 is 2.82 bits per heavy atom. The molecule has 2 aliphatic heterocycles. The number of ether oxygens (including phenoxy) is 1. The Hall–Kier alpha value is -2.77. The molecule has 28 heavy (non-hydrogen) atoms. The average Bonchev–Trinajstić information content (AvgIpc) is 2.69. The maximum atomic E-state index is 12.0. The van der Waals surface area contributed by atoms with E-state index in [9.17, 15) is 9.59 Å². The third-order valence-corrected chi connectivity index (χ3v) is 5.11. The van der Waals surface area contributed by atoms with Gasteiger partial charge in [0.2, 0.25) is 11.8 Å². The van der Waals surface area contributed by atoms with Gasteiger partial charge in [-0.25, -0.2) is 4.99 Å². The average molecular weight is 387 g/mol. The molecule has 0 aromatic heterocycles. The summed E-state index contributed by atoms with van der Waals surface area (Å²) in [5.41, 5.74) is 1.08. The second kappa shape index (κ2) is 8.95. The lowest BCUT2D eigenvalue weighted by molar-refractivity contribution is -0.132. The number of rotatable bonds is 4. The zero-order valence-corrected chi connectivity index (χ0v) is 16.8. The first-order valence-electron chi connectivity index (χ1n) is 9.67. The van der Waals surface area contributed by atoms with E-state index in [0.717, 1.165) is 24.2 Å². The number of piperidine rings is 1. The van der Waals surface area contributed by atoms with E-state index in [0.29, 0.717) is 25.5 Å². The van der Waals surface area contributed by atoms with E-state index in [2.05, 4.69) is 15.6 Å². The molecule has 3 rings (SSSR count). The minimum atomic E-state index is -0.0654. The maximum absolute atomic E-state index is 12.0. The molecule has 1 fully saturated rings. The summed E-state index contributed by atoms with van der Waals surface area (Å²) >= 11 is 0. The number of hydrogen-bond donors (Lipinski definition) is 2. The number of guanidine groups is 1. The Kier molecular flexibility index (Phi) is 6.38. The molecule has 8 nitrogen and oxygen atoms in total. The summed E-state index contributed by atoms with van der Waals surface area (Å²) in [6.45, 7) is 1.31. The first kappa shape index (κ1) is 20.0. The van der Waals surface area contributed by atoms with Crippen LogP contribution in [0.1, 0.15) is 30.9 Å². The van der Waals surface area contributed by atoms with Gasteiger partial charge < -0.3 is 25.2 Å². The summed E-state index contributed by atoms with van der Waals surface area (Å²) < 4.78 is 5.74. The zero-order valence-electron chi connectivity index (χ0n) is 16.8. The number of fused-ring (bicyclic) bond motifs is 1. The predicted octanol–water partition coefficient (Wildman–Crippen LogP) is 0.754. The number of nitrogens with zero attached hydrogens (tertiary/aromatic N) is 3. The van der Waals surface area contributed by atoms with E-state index in [1.165, 1.54) is 4.90 Å². The fourth-order valence-corrected chi connectivity index (χ4v) is 3.40. The number of likely N-dealkylation sites (tertiary alicyclic amines) is 1. The second-order valence-corrected chi connectivity index (χ2v) is 7.48. The molecule has 0 radical (unpaired) electrons. The van der Waals surface area contributed by atoms with Crippen molar-refractivity contribution in [2.24, 2.45) is 4.99 Å². The number of hydrogen-bond acceptors (Lipinski definition) is 4. The number of amides is 2. The normalized spacial score (nSPS) is 22.2. The molecule has 152 valence electrons. The molecule has 2 heterocycles. The Morgan fingerprint density at radius 2 is 2.07 bits per heavy atom. The molecule has 1 aromatic carbocycles. The van der Waals surface area contributed by atoms with Crippen molar-refractivity contribution in [3.63, 3.8) is 0 Å². The molecular weight excluding hydrogens is 358 g/mol. The molecule has 1 aromatic rings. The van der Waals surface area contributed by atoms with Crippen LogP contribution in [0, 0.1) is 0 Å². The van der Waals surface area contributed by atoms with Crippen LogP contribution in [0.15, 0.2) is 29.3 Å². The van der Waals surface area contributed by atoms with Gasteiger partial charge >= 0.3 is 0 Å². The van der Waals surface area contributed by atoms with Crippen LogP contribution < -0.4 is 15.4 Å². The van der Waals surface area contributed by atoms with E-state index in [1.807, 2.05) is 31.3 Å². The number of carbonyl (C=O) groups excluding carboxylic acids is 2. The van der Waals surface area contributed by atoms with Crippen LogP contribution in [-0.2, 0) is 9.59 Å². The van der Waals surface area contributed by atoms with Crippen LogP contribution in [0.2, 0.25) is 0 Å². The minimum absolute atomic E-state index is 0.0496. The van der Waals surface area contributed by atoms with Gasteiger partial charge in [0.15, 0.2) is 5.96 Å². The van der Waals surface area contributed by atoms with Gasteiger partial charge in [-0.15, -0.1) is 0 Å². The zero-order chi connectivity index (χ0) is 20.1. The highest BCUT2D eigenvalue weighted by molar-refractivity contribution is 5.85. The molecular formula is C20H29N5O3. The van der Waals surface area contributed by atoms with E-state index < -0.39 is 0 Å². The van der Waals surface area contributed by atoms with E-state index in [1.54, 1.807) is 19.0 Å². The number of aliphatic imine (C=N–C) groups is 1. The monoisotopic (exact) mass is 387 g/mol. The van der Waals surface area contributed by atoms with Gasteiger partial charge in [0.1, 0.15) is 12.3 Å². The van der Waals surface area contributed by atoms with E-state index in [-0.39, 0.29) is 30.4 Å². The van der Waals surface area contributed by atoms with Gasteiger partial charge in [-0.05, 0) is 12.5 Å². The van der Waals surface area contributed by atoms with Crippen LogP contribution in [-0.4, -0.2) is 74.5 Å². The highest BCUT2D eigenvalue weighted by Crippen LogP contribution is 2.31. The molecule has 1 saturated heterocycles. The number of carbonyl (C=O) groups is 2. The van der Waals surface area contributed by atoms with Crippen LogP contribution in [0.25, 0.3) is 0 Å². The highest BCUT2D eigenvalue weighted by Gasteiger charge is 2.26. The predicted molar refractivity (Wildman–Crippen MR) is 107 cm³/mol. The molecule has 2 unspecified atom stereocenters. The van der Waals surface area contributed by atoms with Gasteiger partial charge in [-0.1, -0.05) is 18.2 Å². The Morgan fingerprint density at radius 1 is 1.29 bits per heavy atom. The van der Waals surface area contributed by atoms with Gasteiger partial charge in [0, 0.05) is 52.1 Å². The molecule has 2 atom stereocenters. The van der Waals surface area contributed by atoms with Crippen LogP contribution >= 0.6 is 0 Å². The minimum Gasteiger partial charge on any atom is -0.493 e. The lowest BCUT2D eigenvalue weighted by atomic mass is 10.0. The summed E-state index contributed by atoms with van der Waals surface area (Å²) in [6.07, 6.45) is 2.07. The lowest BCUT2D eigenvalue weighted by Crippen LogP contribution is -2.52. The third kappa shape index (κ3) is 4.94. The summed E-state index contributed by atoms with van der Waals surface area (Å²) in [5.74, 6) is 1.55. The summed E-state index contributed by atoms with van der Waals surface area (Å²) in [4.78, 5) is 31.5. The summed E-state index contributed by atoms with van der Waals surface area (Å²) in [5, 5.41) is 6.88. The third-order valence-electron chi connectivity index (χ3n) is 5.11. The quantitative estimate of drug-likeness (QED) is 0.588. The molecule has 8 heteroatoms. The topological polar surface area (TPSA) is 86.3 Å². The van der Waals surface area contributed by atoms with Crippen LogP contribution in [0.5, 0.6) is 5.75 Å². The summed E-state index contributed by atoms with van der Waals surface area (Å²) in [6, 6.07) is 8.10. The van der Waals surface area contributed by atoms with Crippen molar-refractivity contribution in [1.82, 2.24) is 20.4 Å². The van der Waals surface area contributed by atoms with Crippen LogP contribution in [0.4, 0.5) is 0 Å². The number of para-hydroxylation sites is 1. The van der Waals surface area contributed by atoms with Gasteiger partial charge in [0.25, 0.3) is 0 Å². The molecule has 2 aliphatic rings. The van der Waals surface area contributed by atoms with Crippen molar-refractivity contribution in [2.45, 2.75) is 31.3 Å². The number of nitrogens with one attached hydrogen (secondary N) is 2. The number of likely N-dealkylation sites (N-methyl/N-ethyl adjacent to an activating group) is 2. The Balaban J connectivity index is 1.74. The van der Waals surface area contributed by atoms with Crippen molar-refractivity contribution in [3.8, 4) is 5.75 Å². The smallest absolute Gasteiger partial charge is 0.243 e. The molecule has 0 bridgehead atoms. The second-order valence-electron chi connectivity index (χ2n) is 7.48. The van der Waals surface area contributed by atoms with Crippen molar-refractivity contribution in [2.75, 3.05) is 40.8 Å². The highest BCUT2D eigenvalue weighted by atomic mass is 16.5. The Bertz CT molecular complexity index is 749. The fraction of sp³-hybridized carbons (Fsp3) is 0.550. The van der Waals surface area contributed by atoms with Gasteiger partial charge in [-0.3, -0.25) is 9.59 Å². The van der Waals surface area contributed by atoms with Crippen molar-refractivity contribution < 1.29 is 14.3 Å². The first-order valence-corrected chi connectivity index (χ1v) is 9.67. The first-order chi connectivity index (χ1) is 13.4. The maximum Gasteiger partial charge on any atom is 0.243 e. The lowest BCUT2D eigenvalue weighted by Gasteiger charge is -2.33. The van der Waals surface area contributed by atoms with Gasteiger partial charge in [-0.2, -0.15) is 0 Å². The van der Waals surface area contributed by atoms with Crippen molar-refractivity contribution in [3.05, 3.63) is 29.8 Å². The van der Waals surface area contributed by atoms with Crippen molar-refractivity contribution in [1.29, 1.82) is 0 Å². The van der Waals surface area contributed by atoms with Gasteiger partial charge in [0.05, 0.1) is 12.6 Å². The van der Waals surface area contributed by atoms with E-state index in [4.69, 9.17) is 4.74 Å². The van der Waals surface area contributed by atoms with Crippen LogP contribution in [0.3, 0.4) is 0 Å². The molecule has 0 spiro atoms. The molecule has 2 amide bonds.